The minimum absolute atomic E-state index is 0. The summed E-state index contributed by atoms with van der Waals surface area (Å²) >= 11 is 3.31. The predicted molar refractivity (Wildman–Crippen MR) is 73.8 cm³/mol. The van der Waals surface area contributed by atoms with Crippen molar-refractivity contribution >= 4 is 28.3 Å². The molecule has 0 radical (unpaired) electrons. The smallest absolute Gasteiger partial charge is 0.124 e. The first kappa shape index (κ1) is 14.9. The fourth-order valence-electron chi connectivity index (χ4n) is 2.20. The third-order valence-corrected chi connectivity index (χ3v) is 3.33. The number of hydrogen-bond acceptors (Lipinski definition) is 2. The Morgan fingerprint density at radius 3 is 2.82 bits per heavy atom. The van der Waals surface area contributed by atoms with Crippen LogP contribution in [-0.2, 0) is 6.54 Å². The summed E-state index contributed by atoms with van der Waals surface area (Å²) in [5, 5.41) is 0. The summed E-state index contributed by atoms with van der Waals surface area (Å²) in [6.07, 6.45) is 2.24. The Labute approximate surface area is 116 Å². The number of piperidine rings is 1. The van der Waals surface area contributed by atoms with Gasteiger partial charge < -0.3 is 5.73 Å². The second-order valence-corrected chi connectivity index (χ2v) is 5.33. The molecule has 1 aliphatic rings. The van der Waals surface area contributed by atoms with Crippen LogP contribution in [0, 0.1) is 5.82 Å². The van der Waals surface area contributed by atoms with E-state index in [0.717, 1.165) is 42.5 Å². The van der Waals surface area contributed by atoms with Crippen molar-refractivity contribution in [3.8, 4) is 0 Å². The first-order chi connectivity index (χ1) is 7.63. The van der Waals surface area contributed by atoms with Crippen LogP contribution in [0.3, 0.4) is 0 Å². The van der Waals surface area contributed by atoms with Gasteiger partial charge in [-0.05, 0) is 43.1 Å². The monoisotopic (exact) mass is 322 g/mol. The first-order valence-electron chi connectivity index (χ1n) is 5.56. The minimum atomic E-state index is -0.189. The molecule has 1 aromatic carbocycles. The van der Waals surface area contributed by atoms with Crippen molar-refractivity contribution in [2.75, 3.05) is 13.1 Å². The number of rotatable bonds is 2. The van der Waals surface area contributed by atoms with Crippen molar-refractivity contribution in [2.24, 2.45) is 5.73 Å². The first-order valence-corrected chi connectivity index (χ1v) is 6.36. The molecule has 0 bridgehead atoms. The highest BCUT2D eigenvalue weighted by Gasteiger charge is 2.16. The van der Waals surface area contributed by atoms with E-state index in [1.807, 2.05) is 6.07 Å². The predicted octanol–water partition coefficient (Wildman–Crippen LogP) is 2.93. The standard InChI is InChI=1S/C12H16BrFN2.ClH/c13-10-4-9(5-11(14)6-10)7-16-3-1-2-12(15)8-16;/h4-6,12H,1-3,7-8,15H2;1H/t12-;/m1./s1. The van der Waals surface area contributed by atoms with Gasteiger partial charge in [0.1, 0.15) is 5.82 Å². The van der Waals surface area contributed by atoms with E-state index in [2.05, 4.69) is 20.8 Å². The lowest BCUT2D eigenvalue weighted by Crippen LogP contribution is -2.42. The van der Waals surface area contributed by atoms with Crippen LogP contribution < -0.4 is 5.73 Å². The second-order valence-electron chi connectivity index (χ2n) is 4.42. The van der Waals surface area contributed by atoms with Gasteiger partial charge >= 0.3 is 0 Å². The molecular weight excluding hydrogens is 307 g/mol. The molecule has 2 N–H and O–H groups in total. The van der Waals surface area contributed by atoms with Crippen LogP contribution in [-0.4, -0.2) is 24.0 Å². The van der Waals surface area contributed by atoms with E-state index in [1.165, 1.54) is 6.07 Å². The molecule has 2 rings (SSSR count). The van der Waals surface area contributed by atoms with Crippen LogP contribution in [0.4, 0.5) is 4.39 Å². The van der Waals surface area contributed by atoms with E-state index in [9.17, 15) is 4.39 Å². The van der Waals surface area contributed by atoms with Crippen molar-refractivity contribution in [1.82, 2.24) is 4.90 Å². The van der Waals surface area contributed by atoms with Crippen LogP contribution in [0.15, 0.2) is 22.7 Å². The maximum absolute atomic E-state index is 13.2. The number of nitrogens with zero attached hydrogens (tertiary/aromatic N) is 1. The zero-order valence-corrected chi connectivity index (χ0v) is 11.9. The van der Waals surface area contributed by atoms with Gasteiger partial charge in [0.15, 0.2) is 0 Å². The maximum atomic E-state index is 13.2. The van der Waals surface area contributed by atoms with Gasteiger partial charge in [-0.2, -0.15) is 0 Å². The lowest BCUT2D eigenvalue weighted by atomic mass is 10.1. The van der Waals surface area contributed by atoms with Crippen LogP contribution >= 0.6 is 28.3 Å². The summed E-state index contributed by atoms with van der Waals surface area (Å²) in [6.45, 7) is 2.75. The molecule has 1 aromatic rings. The Morgan fingerprint density at radius 2 is 2.18 bits per heavy atom. The highest BCUT2D eigenvalue weighted by molar-refractivity contribution is 9.10. The highest BCUT2D eigenvalue weighted by Crippen LogP contribution is 2.18. The average Bonchev–Trinajstić information content (AvgIpc) is 2.15. The molecule has 0 amide bonds. The van der Waals surface area contributed by atoms with Gasteiger partial charge in [0.25, 0.3) is 0 Å². The molecule has 1 aliphatic heterocycles. The molecule has 5 heteroatoms. The largest absolute Gasteiger partial charge is 0.327 e. The van der Waals surface area contributed by atoms with E-state index in [4.69, 9.17) is 5.73 Å². The Hall–Kier alpha value is -0.160. The van der Waals surface area contributed by atoms with Crippen molar-refractivity contribution in [3.63, 3.8) is 0 Å². The van der Waals surface area contributed by atoms with Crippen LogP contribution in [0.2, 0.25) is 0 Å². The molecule has 0 aliphatic carbocycles. The van der Waals surface area contributed by atoms with Gasteiger partial charge in [-0.1, -0.05) is 15.9 Å². The molecule has 96 valence electrons. The van der Waals surface area contributed by atoms with E-state index in [1.54, 1.807) is 6.07 Å². The van der Waals surface area contributed by atoms with Crippen molar-refractivity contribution in [3.05, 3.63) is 34.1 Å². The van der Waals surface area contributed by atoms with Crippen molar-refractivity contribution < 1.29 is 4.39 Å². The summed E-state index contributed by atoms with van der Waals surface area (Å²) in [5.41, 5.74) is 6.91. The van der Waals surface area contributed by atoms with Gasteiger partial charge in [-0.25, -0.2) is 4.39 Å². The summed E-state index contributed by atoms with van der Waals surface area (Å²) in [4.78, 5) is 2.29. The summed E-state index contributed by atoms with van der Waals surface area (Å²) in [6, 6.07) is 5.30. The molecule has 0 unspecified atom stereocenters. The molecule has 0 spiro atoms. The summed E-state index contributed by atoms with van der Waals surface area (Å²) in [7, 11) is 0. The fraction of sp³-hybridized carbons (Fsp3) is 0.500. The van der Waals surface area contributed by atoms with Gasteiger partial charge in [-0.15, -0.1) is 12.4 Å². The normalized spacial score (nSPS) is 21.0. The van der Waals surface area contributed by atoms with Gasteiger partial charge in [0, 0.05) is 23.6 Å². The van der Waals surface area contributed by atoms with Gasteiger partial charge in [0.05, 0.1) is 0 Å². The number of likely N-dealkylation sites (tertiary alicyclic amines) is 1. The third-order valence-electron chi connectivity index (χ3n) is 2.87. The molecule has 0 aromatic heterocycles. The lowest BCUT2D eigenvalue weighted by Gasteiger charge is -2.30. The average molecular weight is 324 g/mol. The summed E-state index contributed by atoms with van der Waals surface area (Å²) in [5.74, 6) is -0.189. The Balaban J connectivity index is 0.00000144. The zero-order chi connectivity index (χ0) is 11.5. The van der Waals surface area contributed by atoms with Crippen LogP contribution in [0.5, 0.6) is 0 Å². The third kappa shape index (κ3) is 4.54. The number of benzene rings is 1. The van der Waals surface area contributed by atoms with E-state index in [-0.39, 0.29) is 24.3 Å². The van der Waals surface area contributed by atoms with Crippen molar-refractivity contribution in [1.29, 1.82) is 0 Å². The topological polar surface area (TPSA) is 29.3 Å². The van der Waals surface area contributed by atoms with Crippen LogP contribution in [0.25, 0.3) is 0 Å². The molecular formula is C12H17BrClFN2. The van der Waals surface area contributed by atoms with E-state index < -0.39 is 0 Å². The van der Waals surface area contributed by atoms with Gasteiger partial charge in [0.2, 0.25) is 0 Å². The zero-order valence-electron chi connectivity index (χ0n) is 9.53. The molecule has 0 saturated carbocycles. The molecule has 17 heavy (non-hydrogen) atoms. The Morgan fingerprint density at radius 1 is 1.41 bits per heavy atom. The molecule has 2 nitrogen and oxygen atoms in total. The second kappa shape index (κ2) is 6.69. The number of hydrogen-bond donors (Lipinski definition) is 1. The SMILES string of the molecule is Cl.N[C@@H]1CCCN(Cc2cc(F)cc(Br)c2)C1. The molecule has 1 saturated heterocycles. The highest BCUT2D eigenvalue weighted by atomic mass is 79.9. The van der Waals surface area contributed by atoms with E-state index >= 15 is 0 Å². The quantitative estimate of drug-likeness (QED) is 0.907. The van der Waals surface area contributed by atoms with E-state index in [0.29, 0.717) is 0 Å². The molecule has 1 atom stereocenters. The van der Waals surface area contributed by atoms with Gasteiger partial charge in [-0.3, -0.25) is 4.90 Å². The molecule has 1 heterocycles. The number of nitrogens with two attached hydrogens (primary N) is 1. The minimum Gasteiger partial charge on any atom is -0.327 e. The summed E-state index contributed by atoms with van der Waals surface area (Å²) < 4.78 is 14.0. The van der Waals surface area contributed by atoms with Crippen molar-refractivity contribution in [2.45, 2.75) is 25.4 Å². The maximum Gasteiger partial charge on any atom is 0.124 e. The number of halogens is 3. The van der Waals surface area contributed by atoms with Crippen LogP contribution in [0.1, 0.15) is 18.4 Å². The fourth-order valence-corrected chi connectivity index (χ4v) is 2.71. The lowest BCUT2D eigenvalue weighted by molar-refractivity contribution is 0.201. The molecule has 1 fully saturated rings. The Bertz CT molecular complexity index is 355. The Kier molecular flexibility index (Phi) is 5.86.